The second-order valence-corrected chi connectivity index (χ2v) is 2.91. The van der Waals surface area contributed by atoms with E-state index in [0.717, 1.165) is 5.39 Å². The smallest absolute Gasteiger partial charge is 0.229 e. The minimum Gasteiger partial charge on any atom is -0.446 e. The van der Waals surface area contributed by atoms with Gasteiger partial charge in [-0.3, -0.25) is 0 Å². The van der Waals surface area contributed by atoms with Crippen molar-refractivity contribution in [3.8, 4) is 0 Å². The van der Waals surface area contributed by atoms with Crippen LogP contribution in [-0.2, 0) is 0 Å². The van der Waals surface area contributed by atoms with Crippen LogP contribution in [-0.4, -0.2) is 22.9 Å². The average molecular weight is 196 g/mol. The van der Waals surface area contributed by atoms with E-state index in [1.807, 2.05) is 0 Å². The molecule has 0 aliphatic rings. The number of aliphatic hydroxyl groups is 1. The summed E-state index contributed by atoms with van der Waals surface area (Å²) >= 11 is 0. The number of aliphatic hydroxyl groups excluding tert-OH is 1. The fourth-order valence-electron chi connectivity index (χ4n) is 1.37. The second kappa shape index (κ2) is 3.15. The van der Waals surface area contributed by atoms with E-state index in [1.54, 1.807) is 6.07 Å². The van der Waals surface area contributed by atoms with Gasteiger partial charge in [-0.25, -0.2) is 4.68 Å². The first-order valence-corrected chi connectivity index (χ1v) is 4.23. The topological polar surface area (TPSA) is 102 Å². The van der Waals surface area contributed by atoms with Crippen LogP contribution in [0, 0.1) is 0 Å². The number of nitrogens with one attached hydrogen (secondary N) is 1. The Labute approximate surface area is 80.1 Å². The van der Waals surface area contributed by atoms with E-state index in [4.69, 9.17) is 21.0 Å². The first-order valence-electron chi connectivity index (χ1n) is 4.23. The van der Waals surface area contributed by atoms with Gasteiger partial charge in [0.2, 0.25) is 5.71 Å². The first kappa shape index (κ1) is 8.76. The number of nitrogens with two attached hydrogens (primary N) is 2. The number of nitrogens with zero attached hydrogens (tertiary/aromatic N) is 1. The zero-order chi connectivity index (χ0) is 10.1. The summed E-state index contributed by atoms with van der Waals surface area (Å²) < 4.78 is 6.74. The van der Waals surface area contributed by atoms with Crippen molar-refractivity contribution >= 4 is 22.6 Å². The fourth-order valence-corrected chi connectivity index (χ4v) is 1.37. The fraction of sp³-hybridized carbons (Fsp3) is 0.250. The molecule has 0 radical (unpaired) electrons. The Kier molecular flexibility index (Phi) is 1.97. The molecule has 14 heavy (non-hydrogen) atoms. The van der Waals surface area contributed by atoms with Crippen LogP contribution in [0.3, 0.4) is 0 Å². The van der Waals surface area contributed by atoms with Crippen LogP contribution in [0.1, 0.15) is 0 Å². The van der Waals surface area contributed by atoms with Gasteiger partial charge in [0, 0.05) is 0 Å². The molecule has 0 unspecified atom stereocenters. The van der Waals surface area contributed by atoms with Gasteiger partial charge in [-0.15, -0.1) is 0 Å². The van der Waals surface area contributed by atoms with Crippen LogP contribution in [0.4, 0.5) is 11.5 Å². The molecule has 6 heteroatoms. The zero-order valence-electron chi connectivity index (χ0n) is 7.53. The molecule has 2 rings (SSSR count). The van der Waals surface area contributed by atoms with E-state index < -0.39 is 0 Å². The molecule has 76 valence electrons. The normalized spacial score (nSPS) is 10.9. The van der Waals surface area contributed by atoms with Gasteiger partial charge in [0.15, 0.2) is 0 Å². The van der Waals surface area contributed by atoms with Crippen molar-refractivity contribution in [3.63, 3.8) is 0 Å². The SMILES string of the molecule is Nc1c(N)n(NCCO)c2occc12. The highest BCUT2D eigenvalue weighted by Crippen LogP contribution is 2.29. The predicted molar refractivity (Wildman–Crippen MR) is 54.3 cm³/mol. The summed E-state index contributed by atoms with van der Waals surface area (Å²) in [6.07, 6.45) is 1.54. The van der Waals surface area contributed by atoms with Crippen molar-refractivity contribution < 1.29 is 9.52 Å². The Balaban J connectivity index is 2.50. The van der Waals surface area contributed by atoms with E-state index >= 15 is 0 Å². The molecule has 0 aliphatic heterocycles. The molecule has 0 saturated heterocycles. The maximum atomic E-state index is 8.67. The van der Waals surface area contributed by atoms with Crippen molar-refractivity contribution in [2.75, 3.05) is 30.0 Å². The van der Waals surface area contributed by atoms with E-state index in [9.17, 15) is 0 Å². The van der Waals surface area contributed by atoms with Crippen molar-refractivity contribution in [2.45, 2.75) is 0 Å². The van der Waals surface area contributed by atoms with Crippen LogP contribution in [0.15, 0.2) is 16.7 Å². The highest BCUT2D eigenvalue weighted by Gasteiger charge is 2.14. The Bertz CT molecular complexity index is 445. The lowest BCUT2D eigenvalue weighted by Crippen LogP contribution is -2.19. The molecule has 0 aromatic carbocycles. The molecule has 0 fully saturated rings. The van der Waals surface area contributed by atoms with Gasteiger partial charge in [0.25, 0.3) is 0 Å². The maximum Gasteiger partial charge on any atom is 0.229 e. The molecule has 6 N–H and O–H groups in total. The molecule has 0 spiro atoms. The minimum absolute atomic E-state index is 0.0136. The first-order chi connectivity index (χ1) is 6.75. The van der Waals surface area contributed by atoms with Crippen molar-refractivity contribution in [2.24, 2.45) is 0 Å². The van der Waals surface area contributed by atoms with E-state index in [-0.39, 0.29) is 6.61 Å². The molecule has 0 amide bonds. The van der Waals surface area contributed by atoms with Crippen LogP contribution in [0.5, 0.6) is 0 Å². The second-order valence-electron chi connectivity index (χ2n) is 2.91. The Morgan fingerprint density at radius 2 is 2.29 bits per heavy atom. The number of fused-ring (bicyclic) bond motifs is 1. The van der Waals surface area contributed by atoms with E-state index in [2.05, 4.69) is 5.43 Å². The molecular weight excluding hydrogens is 184 g/mol. The molecule has 0 saturated carbocycles. The van der Waals surface area contributed by atoms with Crippen LogP contribution in [0.25, 0.3) is 11.1 Å². The monoisotopic (exact) mass is 196 g/mol. The number of hydrogen-bond donors (Lipinski definition) is 4. The largest absolute Gasteiger partial charge is 0.446 e. The Morgan fingerprint density at radius 3 is 3.00 bits per heavy atom. The van der Waals surface area contributed by atoms with Gasteiger partial charge in [0.1, 0.15) is 5.82 Å². The van der Waals surface area contributed by atoms with Gasteiger partial charge in [-0.05, 0) is 6.07 Å². The molecule has 2 heterocycles. The van der Waals surface area contributed by atoms with Gasteiger partial charge in [-0.1, -0.05) is 0 Å². The predicted octanol–water partition coefficient (Wildman–Crippen LogP) is -0.0655. The summed E-state index contributed by atoms with van der Waals surface area (Å²) in [5, 5.41) is 9.44. The number of anilines is 2. The van der Waals surface area contributed by atoms with Crippen molar-refractivity contribution in [1.29, 1.82) is 0 Å². The highest BCUT2D eigenvalue weighted by molar-refractivity contribution is 5.95. The summed E-state index contributed by atoms with van der Waals surface area (Å²) in [4.78, 5) is 0. The molecular formula is C8H12N4O2. The zero-order valence-corrected chi connectivity index (χ0v) is 7.53. The van der Waals surface area contributed by atoms with Crippen LogP contribution in [0.2, 0.25) is 0 Å². The summed E-state index contributed by atoms with van der Waals surface area (Å²) in [6, 6.07) is 1.75. The van der Waals surface area contributed by atoms with Crippen molar-refractivity contribution in [3.05, 3.63) is 12.3 Å². The lowest BCUT2D eigenvalue weighted by molar-refractivity contribution is 0.307. The maximum absolute atomic E-state index is 8.67. The highest BCUT2D eigenvalue weighted by atomic mass is 16.3. The van der Waals surface area contributed by atoms with E-state index in [1.165, 1.54) is 10.9 Å². The number of aromatic nitrogens is 1. The van der Waals surface area contributed by atoms with Crippen LogP contribution >= 0.6 is 0 Å². The summed E-state index contributed by atoms with van der Waals surface area (Å²) in [5.74, 6) is 0.396. The molecule has 0 atom stereocenters. The van der Waals surface area contributed by atoms with Crippen LogP contribution < -0.4 is 16.9 Å². The Morgan fingerprint density at radius 1 is 1.50 bits per heavy atom. The average Bonchev–Trinajstić information content (AvgIpc) is 2.72. The summed E-state index contributed by atoms with van der Waals surface area (Å²) in [5.41, 5.74) is 15.4. The standard InChI is InChI=1S/C8H12N4O2/c9-6-5-1-4-14-8(5)12(7(6)10)11-2-3-13/h1,4,11,13H,2-3,9-10H2. The quantitative estimate of drug-likeness (QED) is 0.550. The number of hydrogen-bond acceptors (Lipinski definition) is 5. The van der Waals surface area contributed by atoms with E-state index in [0.29, 0.717) is 23.8 Å². The number of nitrogen functional groups attached to an aromatic ring is 2. The van der Waals surface area contributed by atoms with Gasteiger partial charge < -0.3 is 26.4 Å². The minimum atomic E-state index is 0.0136. The molecule has 2 aromatic heterocycles. The molecule has 6 nitrogen and oxygen atoms in total. The van der Waals surface area contributed by atoms with Gasteiger partial charge in [-0.2, -0.15) is 0 Å². The van der Waals surface area contributed by atoms with Crippen molar-refractivity contribution in [1.82, 2.24) is 4.68 Å². The number of furan rings is 1. The third kappa shape index (κ3) is 1.08. The summed E-state index contributed by atoms with van der Waals surface area (Å²) in [6.45, 7) is 0.397. The van der Waals surface area contributed by atoms with Gasteiger partial charge in [0.05, 0.1) is 30.5 Å². The number of rotatable bonds is 3. The van der Waals surface area contributed by atoms with Gasteiger partial charge >= 0.3 is 0 Å². The third-order valence-corrected chi connectivity index (χ3v) is 2.04. The lowest BCUT2D eigenvalue weighted by Gasteiger charge is -2.07. The lowest BCUT2D eigenvalue weighted by atomic mass is 10.3. The third-order valence-electron chi connectivity index (χ3n) is 2.04. The molecule has 2 aromatic rings. The molecule has 0 aliphatic carbocycles. The summed E-state index contributed by atoms with van der Waals surface area (Å²) in [7, 11) is 0. The Hall–Kier alpha value is -1.82. The molecule has 0 bridgehead atoms.